The quantitative estimate of drug-likeness (QED) is 0.0245. The topological polar surface area (TPSA) is 153 Å². The summed E-state index contributed by atoms with van der Waals surface area (Å²) in [4.78, 5) is 0. The van der Waals surface area contributed by atoms with Gasteiger partial charge in [0.1, 0.15) is 51.7 Å². The highest BCUT2D eigenvalue weighted by Gasteiger charge is 2.21. The second kappa shape index (κ2) is 73.1. The minimum Gasteiger partial charge on any atom is -0.494 e. The summed E-state index contributed by atoms with van der Waals surface area (Å²) in [7, 11) is 0. The van der Waals surface area contributed by atoms with Crippen molar-refractivity contribution in [1.29, 1.82) is 0 Å². The first kappa shape index (κ1) is 113. The summed E-state index contributed by atoms with van der Waals surface area (Å²) in [5, 5.41) is 30.0. The van der Waals surface area contributed by atoms with Gasteiger partial charge in [-0.1, -0.05) is 300 Å². The third kappa shape index (κ3) is 51.8. The minimum absolute atomic E-state index is 0.360. The lowest BCUT2D eigenvalue weighted by Crippen LogP contribution is -2.11. The third-order valence-corrected chi connectivity index (χ3v) is 26.0. The van der Waals surface area contributed by atoms with E-state index in [1.54, 1.807) is 0 Å². The van der Waals surface area contributed by atoms with Crippen molar-refractivity contribution in [3.63, 3.8) is 0 Å². The van der Waals surface area contributed by atoms with E-state index in [1.807, 2.05) is 140 Å². The Balaban J connectivity index is 0.000000214. The molecule has 0 aliphatic heterocycles. The number of aryl methyl sites for hydroxylation is 2. The van der Waals surface area contributed by atoms with Crippen LogP contribution < -0.4 is 42.6 Å². The average molecular weight is 1840 g/mol. The van der Waals surface area contributed by atoms with Crippen molar-refractivity contribution in [3.8, 4) is 51.7 Å². The predicted octanol–water partition coefficient (Wildman–Crippen LogP) is 32.9. The molecule has 0 bridgehead atoms. The van der Waals surface area contributed by atoms with Crippen LogP contribution in [0.5, 0.6) is 51.7 Å². The molecule has 13 nitrogen and oxygen atoms in total. The van der Waals surface area contributed by atoms with Crippen molar-refractivity contribution in [2.75, 3.05) is 66.1 Å². The van der Waals surface area contributed by atoms with Crippen LogP contribution in [0.1, 0.15) is 384 Å². The summed E-state index contributed by atoms with van der Waals surface area (Å²) < 4.78 is 58.0. The molecule has 0 aromatic heterocycles. The average Bonchev–Trinajstić information content (AvgIpc) is 1.00. The van der Waals surface area contributed by atoms with Gasteiger partial charge >= 0.3 is 0 Å². The number of aliphatic hydroxyl groups excluding tert-OH is 3. The van der Waals surface area contributed by atoms with Gasteiger partial charge in [-0.3, -0.25) is 0 Å². The molecular formula is C121H182O13. The van der Waals surface area contributed by atoms with E-state index < -0.39 is 6.10 Å². The van der Waals surface area contributed by atoms with Crippen molar-refractivity contribution in [1.82, 2.24) is 0 Å². The van der Waals surface area contributed by atoms with Crippen molar-refractivity contribution in [2.45, 2.75) is 370 Å². The van der Waals surface area contributed by atoms with E-state index in [0.29, 0.717) is 25.0 Å². The summed E-state index contributed by atoms with van der Waals surface area (Å²) in [5.74, 6) is 12.9. The monoisotopic (exact) mass is 1840 g/mol. The standard InChI is InChI=1S/C22H30O3.C18H28O2.C18H28O.C17H26O2.C16H24O.C15H22O2.C15H24O2/c1-2-10-22(23)20-13-9-14-21(17-20)25-16-8-4-7-15-24-18-19-11-5-3-6-12-19;1-2-8-18(19)16-11-7-12-17(13-16)20-14-15-9-5-3-4-6-10-15;1-2-3-9-16-12-8-13-18(14-16)19-15-17-10-6-4-5-7-11-17;1-2-12-18-16-10-7-11-17(13-16)19-14-15-8-5-3-4-6-9-15;1-2-3-7-14-10-6-11-16(12-14)17-13-15-8-4-5-9-15;1-2-10-16-14-8-5-9-15(11-14)17-12-13-6-3-4-7-13;1-4-6-15(16)13-7-5-8-14(11-13)17-10-9-12(2)3/h3,5-6,9,11-14,17,22-23H,2,4,7-8,10,15-16,18H2,1H3;7,11-13,15,18-19H,2-6,8-10,14H2,1H3;8,12-14,17H,2-7,9-11,15H2,1H3;7,10-11,13,15H,2-6,8-9,12,14H2,1H3;6,10-12,15H,2-5,7-9,13H2,1H3;5,8-9,11,13H,2-4,6-7,10,12H2,1H3;5,7-8,11-12,15-16H,4,6,9-10H2,1-3H3. The number of hydrogen-bond donors (Lipinski definition) is 3. The van der Waals surface area contributed by atoms with Gasteiger partial charge < -0.3 is 62.7 Å². The minimum atomic E-state index is -0.393. The van der Waals surface area contributed by atoms with Crippen molar-refractivity contribution in [3.05, 3.63) is 234 Å². The van der Waals surface area contributed by atoms with Crippen molar-refractivity contribution < 1.29 is 62.7 Å². The molecule has 8 aromatic carbocycles. The highest BCUT2D eigenvalue weighted by molar-refractivity contribution is 5.36. The molecule has 0 radical (unpaired) electrons. The molecule has 134 heavy (non-hydrogen) atoms. The lowest BCUT2D eigenvalue weighted by molar-refractivity contribution is 0.116. The van der Waals surface area contributed by atoms with Crippen LogP contribution in [-0.4, -0.2) is 81.4 Å². The first-order chi connectivity index (χ1) is 65.7. The number of hydrogen-bond acceptors (Lipinski definition) is 13. The Labute approximate surface area is 814 Å². The Bertz CT molecular complexity index is 3970. The first-order valence-electron chi connectivity index (χ1n) is 53.7. The van der Waals surface area contributed by atoms with Gasteiger partial charge in [-0.15, -0.1) is 0 Å². The van der Waals surface area contributed by atoms with E-state index in [9.17, 15) is 15.3 Å². The Morgan fingerprint density at radius 1 is 0.239 bits per heavy atom. The molecule has 0 heterocycles. The number of benzene rings is 8. The molecule has 5 saturated carbocycles. The maximum atomic E-state index is 10.0. The fourth-order valence-electron chi connectivity index (χ4n) is 17.7. The van der Waals surface area contributed by atoms with E-state index in [2.05, 4.69) is 123 Å². The zero-order valence-corrected chi connectivity index (χ0v) is 85.1. The number of ether oxygens (including phenoxy) is 10. The molecule has 5 fully saturated rings. The molecule has 3 unspecified atom stereocenters. The number of aliphatic hydroxyl groups is 3. The molecule has 0 spiro atoms. The van der Waals surface area contributed by atoms with Crippen molar-refractivity contribution >= 4 is 0 Å². The molecule has 13 rings (SSSR count). The maximum absolute atomic E-state index is 10.0. The second-order valence-electron chi connectivity index (χ2n) is 38.7. The highest BCUT2D eigenvalue weighted by atomic mass is 16.5. The summed E-state index contributed by atoms with van der Waals surface area (Å²) in [6.45, 7) is 28.1. The van der Waals surface area contributed by atoms with E-state index in [1.165, 1.54) is 222 Å². The van der Waals surface area contributed by atoms with Gasteiger partial charge in [0.05, 0.1) is 84.4 Å². The predicted molar refractivity (Wildman–Crippen MR) is 559 cm³/mol. The van der Waals surface area contributed by atoms with Crippen LogP contribution in [0.3, 0.4) is 0 Å². The Morgan fingerprint density at radius 2 is 0.515 bits per heavy atom. The molecule has 5 aliphatic rings. The van der Waals surface area contributed by atoms with E-state index in [0.717, 1.165) is 229 Å². The van der Waals surface area contributed by atoms with E-state index in [4.69, 9.17) is 47.4 Å². The summed E-state index contributed by atoms with van der Waals surface area (Å²) in [5.41, 5.74) is 6.92. The fourth-order valence-corrected chi connectivity index (χ4v) is 17.7. The molecule has 0 amide bonds. The normalized spacial score (nSPS) is 15.6. The molecule has 0 saturated heterocycles. The Kier molecular flexibility index (Phi) is 61.5. The molecule has 8 aromatic rings. The summed E-state index contributed by atoms with van der Waals surface area (Å²) >= 11 is 0. The van der Waals surface area contributed by atoms with E-state index in [-0.39, 0.29) is 12.2 Å². The van der Waals surface area contributed by atoms with Gasteiger partial charge in [0.25, 0.3) is 0 Å². The summed E-state index contributed by atoms with van der Waals surface area (Å²) in [6.07, 6.45) is 53.4. The van der Waals surface area contributed by atoms with Crippen LogP contribution >= 0.6 is 0 Å². The van der Waals surface area contributed by atoms with Crippen LogP contribution in [0, 0.1) is 35.5 Å². The maximum Gasteiger partial charge on any atom is 0.122 e. The smallest absolute Gasteiger partial charge is 0.122 e. The summed E-state index contributed by atoms with van der Waals surface area (Å²) in [6, 6.07) is 67.1. The van der Waals surface area contributed by atoms with Gasteiger partial charge in [0.2, 0.25) is 0 Å². The van der Waals surface area contributed by atoms with Crippen LogP contribution in [-0.2, 0) is 24.2 Å². The van der Waals surface area contributed by atoms with Gasteiger partial charge in [-0.05, 0) is 301 Å². The SMILES string of the molecule is CCCC(O)c1cccc(OCC2CCCCCC2)c1.CCCC(O)c1cccc(OCCC(C)C)c1.CCCC(O)c1cccc(OCCCCCOCc2ccccc2)c1.CCCCc1cccc(OCC2CCCC2)c1.CCCCc1cccc(OCC2CCCCCC2)c1.CCCOc1cccc(OCC2CCCC2)c1.CCCOc1cccc(OCC2CCCCCC2)c1. The van der Waals surface area contributed by atoms with Gasteiger partial charge in [0.15, 0.2) is 0 Å². The van der Waals surface area contributed by atoms with Gasteiger partial charge in [0, 0.05) is 18.7 Å². The highest BCUT2D eigenvalue weighted by Crippen LogP contribution is 2.34. The van der Waals surface area contributed by atoms with Gasteiger partial charge in [-0.2, -0.15) is 0 Å². The zero-order valence-electron chi connectivity index (χ0n) is 85.1. The third-order valence-electron chi connectivity index (χ3n) is 26.0. The van der Waals surface area contributed by atoms with Crippen LogP contribution in [0.15, 0.2) is 200 Å². The Morgan fingerprint density at radius 3 is 0.843 bits per heavy atom. The Hall–Kier alpha value is -8.20. The lowest BCUT2D eigenvalue weighted by Gasteiger charge is -2.16. The molecule has 13 heteroatoms. The van der Waals surface area contributed by atoms with Crippen LogP contribution in [0.4, 0.5) is 0 Å². The largest absolute Gasteiger partial charge is 0.494 e. The van der Waals surface area contributed by atoms with E-state index >= 15 is 0 Å². The fraction of sp³-hybridized carbons (Fsp3) is 0.603. The first-order valence-corrected chi connectivity index (χ1v) is 53.7. The van der Waals surface area contributed by atoms with Crippen LogP contribution in [0.2, 0.25) is 0 Å². The molecule has 5 aliphatic carbocycles. The number of rotatable bonds is 49. The second-order valence-corrected chi connectivity index (χ2v) is 38.7. The molecule has 3 atom stereocenters. The number of unbranched alkanes of at least 4 members (excludes halogenated alkanes) is 4. The van der Waals surface area contributed by atoms with Crippen LogP contribution in [0.25, 0.3) is 0 Å². The van der Waals surface area contributed by atoms with Crippen molar-refractivity contribution in [2.24, 2.45) is 35.5 Å². The zero-order chi connectivity index (χ0) is 95.2. The van der Waals surface area contributed by atoms with Gasteiger partial charge in [-0.25, -0.2) is 0 Å². The molecule has 3 N–H and O–H groups in total. The lowest BCUT2D eigenvalue weighted by atomic mass is 10.0. The molecular weight excluding hydrogens is 1660 g/mol. The molecule has 744 valence electrons.